The fourth-order valence-electron chi connectivity index (χ4n) is 1.65. The number of carbonyl (C=O) groups is 1. The SMILES string of the molecule is Cc1ncc2c(n1)CNC2CC(=O)O. The first kappa shape index (κ1) is 9.08. The van der Waals surface area contributed by atoms with Crippen molar-refractivity contribution in [2.24, 2.45) is 0 Å². The molecule has 0 radical (unpaired) electrons. The van der Waals surface area contributed by atoms with Gasteiger partial charge in [0.25, 0.3) is 0 Å². The molecule has 0 saturated heterocycles. The van der Waals surface area contributed by atoms with Gasteiger partial charge in [0.2, 0.25) is 0 Å². The van der Waals surface area contributed by atoms with Crippen molar-refractivity contribution in [3.8, 4) is 0 Å². The lowest BCUT2D eigenvalue weighted by molar-refractivity contribution is -0.137. The Morgan fingerprint density at radius 2 is 2.57 bits per heavy atom. The molecule has 0 saturated carbocycles. The number of nitrogens with zero attached hydrogens (tertiary/aromatic N) is 2. The molecule has 0 fully saturated rings. The number of rotatable bonds is 2. The summed E-state index contributed by atoms with van der Waals surface area (Å²) in [4.78, 5) is 18.9. The first-order valence-electron chi connectivity index (χ1n) is 4.44. The minimum absolute atomic E-state index is 0.0828. The predicted octanol–water partition coefficient (Wildman–Crippen LogP) is 0.404. The molecule has 14 heavy (non-hydrogen) atoms. The van der Waals surface area contributed by atoms with Crippen molar-refractivity contribution in [1.29, 1.82) is 0 Å². The molecule has 5 heteroatoms. The number of aromatic nitrogens is 2. The van der Waals surface area contributed by atoms with Crippen LogP contribution in [0.15, 0.2) is 6.20 Å². The summed E-state index contributed by atoms with van der Waals surface area (Å²) >= 11 is 0. The van der Waals surface area contributed by atoms with Gasteiger partial charge in [-0.15, -0.1) is 0 Å². The highest BCUT2D eigenvalue weighted by molar-refractivity contribution is 5.68. The van der Waals surface area contributed by atoms with Crippen LogP contribution in [-0.4, -0.2) is 21.0 Å². The van der Waals surface area contributed by atoms with Crippen LogP contribution < -0.4 is 5.32 Å². The molecule has 1 aliphatic rings. The highest BCUT2D eigenvalue weighted by Crippen LogP contribution is 2.25. The van der Waals surface area contributed by atoms with E-state index in [0.29, 0.717) is 6.54 Å². The Hall–Kier alpha value is -1.49. The van der Waals surface area contributed by atoms with E-state index in [-0.39, 0.29) is 12.5 Å². The minimum Gasteiger partial charge on any atom is -0.481 e. The zero-order valence-electron chi connectivity index (χ0n) is 7.82. The second kappa shape index (κ2) is 3.34. The number of hydrogen-bond donors (Lipinski definition) is 2. The molecule has 0 aromatic carbocycles. The molecule has 5 nitrogen and oxygen atoms in total. The maximum absolute atomic E-state index is 10.6. The fraction of sp³-hybridized carbons (Fsp3) is 0.444. The van der Waals surface area contributed by atoms with E-state index in [4.69, 9.17) is 5.11 Å². The van der Waals surface area contributed by atoms with Crippen LogP contribution in [0.2, 0.25) is 0 Å². The zero-order chi connectivity index (χ0) is 10.1. The third-order valence-corrected chi connectivity index (χ3v) is 2.29. The molecule has 1 aromatic heterocycles. The summed E-state index contributed by atoms with van der Waals surface area (Å²) in [6, 6.07) is -0.136. The van der Waals surface area contributed by atoms with E-state index in [0.717, 1.165) is 17.1 Å². The van der Waals surface area contributed by atoms with E-state index in [1.807, 2.05) is 6.92 Å². The summed E-state index contributed by atoms with van der Waals surface area (Å²) in [5, 5.41) is 11.8. The second-order valence-corrected chi connectivity index (χ2v) is 3.35. The zero-order valence-corrected chi connectivity index (χ0v) is 7.82. The Morgan fingerprint density at radius 3 is 3.29 bits per heavy atom. The fourth-order valence-corrected chi connectivity index (χ4v) is 1.65. The van der Waals surface area contributed by atoms with Crippen LogP contribution in [0.4, 0.5) is 0 Å². The van der Waals surface area contributed by atoms with E-state index < -0.39 is 5.97 Å². The maximum atomic E-state index is 10.6. The van der Waals surface area contributed by atoms with Crippen LogP contribution in [0.25, 0.3) is 0 Å². The second-order valence-electron chi connectivity index (χ2n) is 3.35. The van der Waals surface area contributed by atoms with Gasteiger partial charge in [-0.3, -0.25) is 4.79 Å². The van der Waals surface area contributed by atoms with Gasteiger partial charge in [-0.1, -0.05) is 0 Å². The van der Waals surface area contributed by atoms with E-state index >= 15 is 0 Å². The van der Waals surface area contributed by atoms with Crippen molar-refractivity contribution in [3.05, 3.63) is 23.3 Å². The van der Waals surface area contributed by atoms with Gasteiger partial charge in [0.15, 0.2) is 0 Å². The summed E-state index contributed by atoms with van der Waals surface area (Å²) in [5.41, 5.74) is 1.83. The Morgan fingerprint density at radius 1 is 1.79 bits per heavy atom. The van der Waals surface area contributed by atoms with Gasteiger partial charge >= 0.3 is 5.97 Å². The molecule has 74 valence electrons. The molecule has 2 rings (SSSR count). The van der Waals surface area contributed by atoms with Gasteiger partial charge < -0.3 is 10.4 Å². The monoisotopic (exact) mass is 193 g/mol. The molecular formula is C9H11N3O2. The van der Waals surface area contributed by atoms with E-state index in [2.05, 4.69) is 15.3 Å². The van der Waals surface area contributed by atoms with Crippen LogP contribution in [0.1, 0.15) is 29.5 Å². The first-order chi connectivity index (χ1) is 6.66. The Kier molecular flexibility index (Phi) is 2.17. The molecule has 1 aromatic rings. The molecule has 1 unspecified atom stereocenters. The molecule has 2 heterocycles. The molecule has 0 aliphatic carbocycles. The number of nitrogens with one attached hydrogen (secondary N) is 1. The predicted molar refractivity (Wildman–Crippen MR) is 48.6 cm³/mol. The minimum atomic E-state index is -0.809. The number of fused-ring (bicyclic) bond motifs is 1. The van der Waals surface area contributed by atoms with Crippen molar-refractivity contribution >= 4 is 5.97 Å². The smallest absolute Gasteiger partial charge is 0.305 e. The number of aryl methyl sites for hydroxylation is 1. The lowest BCUT2D eigenvalue weighted by atomic mass is 10.1. The Bertz CT molecular complexity index is 378. The average Bonchev–Trinajstić information content (AvgIpc) is 2.47. The van der Waals surface area contributed by atoms with Gasteiger partial charge in [-0.2, -0.15) is 0 Å². The molecule has 0 spiro atoms. The molecular weight excluding hydrogens is 182 g/mol. The van der Waals surface area contributed by atoms with E-state index in [1.54, 1.807) is 6.20 Å². The Labute approximate surface area is 81.2 Å². The number of carboxylic acid groups (broad SMARTS) is 1. The van der Waals surface area contributed by atoms with Crippen molar-refractivity contribution in [3.63, 3.8) is 0 Å². The molecule has 1 aliphatic heterocycles. The highest BCUT2D eigenvalue weighted by atomic mass is 16.4. The Balaban J connectivity index is 2.26. The maximum Gasteiger partial charge on any atom is 0.305 e. The number of carboxylic acids is 1. The summed E-state index contributed by atoms with van der Waals surface area (Å²) in [5.74, 6) is -0.0857. The van der Waals surface area contributed by atoms with Gasteiger partial charge in [0.05, 0.1) is 12.1 Å². The topological polar surface area (TPSA) is 75.1 Å². The molecule has 0 amide bonds. The van der Waals surface area contributed by atoms with Crippen LogP contribution >= 0.6 is 0 Å². The quantitative estimate of drug-likeness (QED) is 0.711. The third-order valence-electron chi connectivity index (χ3n) is 2.29. The number of hydrogen-bond acceptors (Lipinski definition) is 4. The van der Waals surface area contributed by atoms with E-state index in [9.17, 15) is 4.79 Å². The number of aliphatic carboxylic acids is 1. The van der Waals surface area contributed by atoms with Crippen LogP contribution in [0.3, 0.4) is 0 Å². The van der Waals surface area contributed by atoms with Crippen LogP contribution in [0, 0.1) is 6.92 Å². The lowest BCUT2D eigenvalue weighted by Gasteiger charge is -2.07. The first-order valence-corrected chi connectivity index (χ1v) is 4.44. The normalized spacial score (nSPS) is 19.4. The summed E-state index contributed by atoms with van der Waals surface area (Å²) < 4.78 is 0. The van der Waals surface area contributed by atoms with Crippen molar-refractivity contribution in [1.82, 2.24) is 15.3 Å². The largest absolute Gasteiger partial charge is 0.481 e. The van der Waals surface area contributed by atoms with Crippen LogP contribution in [0.5, 0.6) is 0 Å². The van der Waals surface area contributed by atoms with Gasteiger partial charge in [0, 0.05) is 24.3 Å². The molecule has 0 bridgehead atoms. The summed E-state index contributed by atoms with van der Waals surface area (Å²) in [6.45, 7) is 2.46. The van der Waals surface area contributed by atoms with Gasteiger partial charge in [-0.05, 0) is 6.92 Å². The van der Waals surface area contributed by atoms with Crippen molar-refractivity contribution < 1.29 is 9.90 Å². The summed E-state index contributed by atoms with van der Waals surface area (Å²) in [6.07, 6.45) is 1.80. The van der Waals surface area contributed by atoms with Crippen LogP contribution in [-0.2, 0) is 11.3 Å². The summed E-state index contributed by atoms with van der Waals surface area (Å²) in [7, 11) is 0. The van der Waals surface area contributed by atoms with Gasteiger partial charge in [-0.25, -0.2) is 9.97 Å². The van der Waals surface area contributed by atoms with Gasteiger partial charge in [0.1, 0.15) is 5.82 Å². The van der Waals surface area contributed by atoms with E-state index in [1.165, 1.54) is 0 Å². The standard InChI is InChI=1S/C9H11N3O2/c1-5-10-3-6-7(2-9(13)14)11-4-8(6)12-5/h3,7,11H,2,4H2,1H3,(H,13,14). The average molecular weight is 193 g/mol. The lowest BCUT2D eigenvalue weighted by Crippen LogP contribution is -2.15. The van der Waals surface area contributed by atoms with Crippen molar-refractivity contribution in [2.45, 2.75) is 25.9 Å². The molecule has 1 atom stereocenters. The molecule has 2 N–H and O–H groups in total. The highest BCUT2D eigenvalue weighted by Gasteiger charge is 2.25. The van der Waals surface area contributed by atoms with Crippen molar-refractivity contribution in [2.75, 3.05) is 0 Å². The third kappa shape index (κ3) is 1.58.